The van der Waals surface area contributed by atoms with E-state index in [-0.39, 0.29) is 11.9 Å². The zero-order valence-electron chi connectivity index (χ0n) is 15.2. The van der Waals surface area contributed by atoms with Gasteiger partial charge in [-0.25, -0.2) is 4.68 Å². The zero-order chi connectivity index (χ0) is 18.5. The third-order valence-electron chi connectivity index (χ3n) is 4.12. The van der Waals surface area contributed by atoms with E-state index in [0.29, 0.717) is 0 Å². The summed E-state index contributed by atoms with van der Waals surface area (Å²) in [7, 11) is 0. The summed E-state index contributed by atoms with van der Waals surface area (Å²) in [5.74, 6) is -0.135. The Labute approximate surface area is 153 Å². The van der Waals surface area contributed by atoms with E-state index in [9.17, 15) is 4.79 Å². The molecule has 1 atom stereocenters. The van der Waals surface area contributed by atoms with Crippen LogP contribution in [0.3, 0.4) is 0 Å². The minimum Gasteiger partial charge on any atom is -0.346 e. The summed E-state index contributed by atoms with van der Waals surface area (Å²) in [6, 6.07) is 13.8. The predicted octanol–water partition coefficient (Wildman–Crippen LogP) is 3.77. The van der Waals surface area contributed by atoms with E-state index in [4.69, 9.17) is 0 Å². The molecule has 2 aromatic heterocycles. The highest BCUT2D eigenvalue weighted by Crippen LogP contribution is 2.17. The smallest absolute Gasteiger partial charge is 0.244 e. The van der Waals surface area contributed by atoms with Crippen molar-refractivity contribution in [3.8, 4) is 5.69 Å². The normalized spacial score (nSPS) is 12.3. The van der Waals surface area contributed by atoms with E-state index < -0.39 is 0 Å². The lowest BCUT2D eigenvalue weighted by Gasteiger charge is -2.14. The molecule has 1 aromatic carbocycles. The molecule has 0 fully saturated rings. The van der Waals surface area contributed by atoms with Gasteiger partial charge in [0.25, 0.3) is 0 Å². The number of rotatable bonds is 5. The van der Waals surface area contributed by atoms with Crippen LogP contribution >= 0.6 is 0 Å². The Bertz CT molecular complexity index is 911. The van der Waals surface area contributed by atoms with Crippen molar-refractivity contribution in [3.05, 3.63) is 83.4 Å². The fourth-order valence-electron chi connectivity index (χ4n) is 2.79. The number of hydrogen-bond donors (Lipinski definition) is 1. The minimum atomic E-state index is -0.135. The fourth-order valence-corrected chi connectivity index (χ4v) is 2.79. The third kappa shape index (κ3) is 4.25. The lowest BCUT2D eigenvalue weighted by atomic mass is 10.1. The molecule has 0 radical (unpaired) electrons. The van der Waals surface area contributed by atoms with Gasteiger partial charge < -0.3 is 5.32 Å². The van der Waals surface area contributed by atoms with Crippen molar-refractivity contribution in [1.82, 2.24) is 20.1 Å². The molecule has 0 saturated heterocycles. The number of aryl methyl sites for hydroxylation is 2. The summed E-state index contributed by atoms with van der Waals surface area (Å²) in [5.41, 5.74) is 5.03. The number of benzene rings is 1. The number of carbonyl (C=O) groups is 1. The molecule has 0 aliphatic rings. The molecular formula is C21H22N4O. The average Bonchev–Trinajstić information content (AvgIpc) is 2.99. The lowest BCUT2D eigenvalue weighted by molar-refractivity contribution is -0.117. The maximum absolute atomic E-state index is 12.1. The van der Waals surface area contributed by atoms with Crippen molar-refractivity contribution >= 4 is 12.0 Å². The molecule has 3 rings (SSSR count). The summed E-state index contributed by atoms with van der Waals surface area (Å²) in [5, 5.41) is 7.46. The van der Waals surface area contributed by atoms with E-state index in [0.717, 1.165) is 28.2 Å². The van der Waals surface area contributed by atoms with Gasteiger partial charge >= 0.3 is 0 Å². The fraction of sp³-hybridized carbons (Fsp3) is 0.190. The first-order valence-corrected chi connectivity index (χ1v) is 8.55. The molecule has 0 bridgehead atoms. The maximum Gasteiger partial charge on any atom is 0.244 e. The quantitative estimate of drug-likeness (QED) is 0.715. The van der Waals surface area contributed by atoms with Crippen LogP contribution < -0.4 is 5.32 Å². The zero-order valence-corrected chi connectivity index (χ0v) is 15.2. The molecule has 1 N–H and O–H groups in total. The topological polar surface area (TPSA) is 59.8 Å². The van der Waals surface area contributed by atoms with Crippen LogP contribution in [0.2, 0.25) is 0 Å². The first-order valence-electron chi connectivity index (χ1n) is 8.55. The van der Waals surface area contributed by atoms with Crippen molar-refractivity contribution in [2.75, 3.05) is 0 Å². The van der Waals surface area contributed by atoms with Gasteiger partial charge in [0.1, 0.15) is 0 Å². The number of nitrogens with one attached hydrogen (secondary N) is 1. The van der Waals surface area contributed by atoms with Crippen molar-refractivity contribution in [2.45, 2.75) is 26.8 Å². The summed E-state index contributed by atoms with van der Waals surface area (Å²) >= 11 is 0. The molecular weight excluding hydrogens is 324 g/mol. The van der Waals surface area contributed by atoms with Crippen LogP contribution in [-0.2, 0) is 4.79 Å². The number of pyridine rings is 1. The van der Waals surface area contributed by atoms with Gasteiger partial charge in [0.2, 0.25) is 5.91 Å². The van der Waals surface area contributed by atoms with Crippen LogP contribution in [-0.4, -0.2) is 20.7 Å². The van der Waals surface area contributed by atoms with Gasteiger partial charge in [-0.2, -0.15) is 5.10 Å². The molecule has 132 valence electrons. The Hall–Kier alpha value is -3.21. The molecule has 2 heterocycles. The number of nitrogens with zero attached hydrogens (tertiary/aromatic N) is 3. The summed E-state index contributed by atoms with van der Waals surface area (Å²) in [6.07, 6.45) is 6.69. The van der Waals surface area contributed by atoms with Crippen LogP contribution in [0.15, 0.2) is 60.9 Å². The SMILES string of the molecule is Cc1cc(C)n(-c2ccc(C(C)NC(=O)/C=C/c3cccnc3)cc2)n1. The Balaban J connectivity index is 1.64. The molecule has 0 aliphatic heterocycles. The van der Waals surface area contributed by atoms with Crippen LogP contribution in [0, 0.1) is 13.8 Å². The summed E-state index contributed by atoms with van der Waals surface area (Å²) in [6.45, 7) is 5.98. The molecule has 1 unspecified atom stereocenters. The minimum absolute atomic E-state index is 0.0875. The average molecular weight is 346 g/mol. The summed E-state index contributed by atoms with van der Waals surface area (Å²) in [4.78, 5) is 16.1. The highest BCUT2D eigenvalue weighted by atomic mass is 16.1. The lowest BCUT2D eigenvalue weighted by Crippen LogP contribution is -2.24. The molecule has 0 saturated carbocycles. The molecule has 0 aliphatic carbocycles. The van der Waals surface area contributed by atoms with Gasteiger partial charge in [-0.05, 0) is 62.2 Å². The van der Waals surface area contributed by atoms with Crippen LogP contribution in [0.1, 0.15) is 35.5 Å². The van der Waals surface area contributed by atoms with Gasteiger partial charge in [0.05, 0.1) is 17.4 Å². The molecule has 5 heteroatoms. The second-order valence-corrected chi connectivity index (χ2v) is 6.28. The van der Waals surface area contributed by atoms with E-state index >= 15 is 0 Å². The maximum atomic E-state index is 12.1. The Morgan fingerprint density at radius 1 is 1.19 bits per heavy atom. The van der Waals surface area contributed by atoms with Gasteiger partial charge in [-0.1, -0.05) is 18.2 Å². The first kappa shape index (κ1) is 17.6. The summed E-state index contributed by atoms with van der Waals surface area (Å²) < 4.78 is 1.92. The van der Waals surface area contributed by atoms with E-state index in [2.05, 4.69) is 15.4 Å². The van der Waals surface area contributed by atoms with Crippen LogP contribution in [0.4, 0.5) is 0 Å². The van der Waals surface area contributed by atoms with Gasteiger partial charge in [-0.15, -0.1) is 0 Å². The Kier molecular flexibility index (Phi) is 5.27. The van der Waals surface area contributed by atoms with E-state index in [1.165, 1.54) is 6.08 Å². The van der Waals surface area contributed by atoms with Crippen molar-refractivity contribution in [2.24, 2.45) is 0 Å². The van der Waals surface area contributed by atoms with Crippen molar-refractivity contribution < 1.29 is 4.79 Å². The first-order chi connectivity index (χ1) is 12.5. The monoisotopic (exact) mass is 346 g/mol. The molecule has 26 heavy (non-hydrogen) atoms. The van der Waals surface area contributed by atoms with Gasteiger partial charge in [-0.3, -0.25) is 9.78 Å². The Morgan fingerprint density at radius 3 is 2.58 bits per heavy atom. The van der Waals surface area contributed by atoms with Crippen LogP contribution in [0.25, 0.3) is 11.8 Å². The van der Waals surface area contributed by atoms with E-state index in [1.807, 2.05) is 67.9 Å². The molecule has 0 spiro atoms. The predicted molar refractivity (Wildman–Crippen MR) is 103 cm³/mol. The number of hydrogen-bond acceptors (Lipinski definition) is 3. The second-order valence-electron chi connectivity index (χ2n) is 6.28. The number of amides is 1. The highest BCUT2D eigenvalue weighted by Gasteiger charge is 2.09. The number of carbonyl (C=O) groups excluding carboxylic acids is 1. The number of aromatic nitrogens is 3. The van der Waals surface area contributed by atoms with Crippen molar-refractivity contribution in [1.29, 1.82) is 0 Å². The van der Waals surface area contributed by atoms with Gasteiger partial charge in [0, 0.05) is 24.2 Å². The van der Waals surface area contributed by atoms with Gasteiger partial charge in [0.15, 0.2) is 0 Å². The van der Waals surface area contributed by atoms with E-state index in [1.54, 1.807) is 18.5 Å². The molecule has 3 aromatic rings. The largest absolute Gasteiger partial charge is 0.346 e. The van der Waals surface area contributed by atoms with Crippen molar-refractivity contribution in [3.63, 3.8) is 0 Å². The second kappa shape index (κ2) is 7.78. The highest BCUT2D eigenvalue weighted by molar-refractivity contribution is 5.91. The Morgan fingerprint density at radius 2 is 1.96 bits per heavy atom. The molecule has 5 nitrogen and oxygen atoms in total. The standard InChI is InChI=1S/C21H22N4O/c1-15-13-16(2)25(24-15)20-9-7-19(8-10-20)17(3)23-21(26)11-6-18-5-4-12-22-14-18/h4-14,17H,1-3H3,(H,23,26)/b11-6+. The third-order valence-corrected chi connectivity index (χ3v) is 4.12. The molecule has 1 amide bonds. The van der Waals surface area contributed by atoms with Crippen LogP contribution in [0.5, 0.6) is 0 Å².